The van der Waals surface area contributed by atoms with Gasteiger partial charge in [0.25, 0.3) is 0 Å². The lowest BCUT2D eigenvalue weighted by molar-refractivity contribution is 0.319. The van der Waals surface area contributed by atoms with E-state index in [2.05, 4.69) is 5.16 Å². The van der Waals surface area contributed by atoms with Gasteiger partial charge in [-0.25, -0.2) is 0 Å². The highest BCUT2D eigenvalue weighted by molar-refractivity contribution is 5.90. The maximum Gasteiger partial charge on any atom is 0.162 e. The highest BCUT2D eigenvalue weighted by atomic mass is 16.4. The number of nitrogens with two attached hydrogens (primary N) is 1. The van der Waals surface area contributed by atoms with Crippen molar-refractivity contribution < 1.29 is 5.21 Å². The Morgan fingerprint density at radius 2 is 2.22 bits per heavy atom. The second-order valence-corrected chi connectivity index (χ2v) is 1.41. The molecule has 0 aromatic carbocycles. The van der Waals surface area contributed by atoms with Crippen molar-refractivity contribution in [2.45, 2.75) is 6.92 Å². The molecule has 0 spiro atoms. The molecule has 3 heteroatoms. The third kappa shape index (κ3) is 4.61. The Morgan fingerprint density at radius 3 is 2.67 bits per heavy atom. The van der Waals surface area contributed by atoms with Crippen LogP contribution in [-0.2, 0) is 0 Å². The van der Waals surface area contributed by atoms with Crippen molar-refractivity contribution in [3.05, 3.63) is 24.3 Å². The molecule has 0 heterocycles. The number of hydrogen-bond donors (Lipinski definition) is 2. The van der Waals surface area contributed by atoms with Gasteiger partial charge in [0.05, 0.1) is 0 Å². The van der Waals surface area contributed by atoms with E-state index in [1.165, 1.54) is 6.08 Å². The summed E-state index contributed by atoms with van der Waals surface area (Å²) in [5.74, 6) is 0.105. The Bertz CT molecular complexity index is 147. The highest BCUT2D eigenvalue weighted by Gasteiger charge is 1.76. The molecule has 0 aromatic heterocycles. The first-order chi connectivity index (χ1) is 4.31. The van der Waals surface area contributed by atoms with E-state index in [4.69, 9.17) is 10.9 Å². The molecule has 0 aliphatic heterocycles. The Labute approximate surface area is 54.2 Å². The molecule has 0 aliphatic carbocycles. The summed E-state index contributed by atoms with van der Waals surface area (Å²) in [4.78, 5) is 0. The van der Waals surface area contributed by atoms with Crippen molar-refractivity contribution in [1.29, 1.82) is 0 Å². The van der Waals surface area contributed by atoms with E-state index in [0.29, 0.717) is 0 Å². The summed E-state index contributed by atoms with van der Waals surface area (Å²) in [6.07, 6.45) is 6.83. The van der Waals surface area contributed by atoms with Crippen LogP contribution in [0.2, 0.25) is 0 Å². The number of hydrogen-bond acceptors (Lipinski definition) is 2. The first-order valence-electron chi connectivity index (χ1n) is 2.58. The van der Waals surface area contributed by atoms with Crippen molar-refractivity contribution in [3.8, 4) is 0 Å². The van der Waals surface area contributed by atoms with Crippen LogP contribution in [0, 0.1) is 0 Å². The fraction of sp³-hybridized carbons (Fsp3) is 0.167. The van der Waals surface area contributed by atoms with Crippen molar-refractivity contribution in [3.63, 3.8) is 0 Å². The molecule has 3 N–H and O–H groups in total. The molecular formula is C6H10N2O. The van der Waals surface area contributed by atoms with Gasteiger partial charge in [-0.1, -0.05) is 23.4 Å². The van der Waals surface area contributed by atoms with Gasteiger partial charge in [0.15, 0.2) is 5.84 Å². The minimum absolute atomic E-state index is 0.105. The van der Waals surface area contributed by atoms with Gasteiger partial charge in [-0.2, -0.15) is 0 Å². The lowest BCUT2D eigenvalue weighted by atomic mass is 10.4. The summed E-state index contributed by atoms with van der Waals surface area (Å²) in [5, 5.41) is 10.8. The number of nitrogens with zero attached hydrogens (tertiary/aromatic N) is 1. The summed E-state index contributed by atoms with van der Waals surface area (Å²) in [7, 11) is 0. The van der Waals surface area contributed by atoms with E-state index in [0.717, 1.165) is 0 Å². The fourth-order valence-corrected chi connectivity index (χ4v) is 0.299. The zero-order valence-corrected chi connectivity index (χ0v) is 5.28. The lowest BCUT2D eigenvalue weighted by Gasteiger charge is -1.81. The molecule has 0 bridgehead atoms. The quantitative estimate of drug-likeness (QED) is 0.189. The first kappa shape index (κ1) is 7.75. The van der Waals surface area contributed by atoms with Crippen molar-refractivity contribution in [1.82, 2.24) is 0 Å². The Balaban J connectivity index is 3.71. The second kappa shape index (κ2) is 4.90. The van der Waals surface area contributed by atoms with Gasteiger partial charge in [-0.05, 0) is 13.0 Å². The normalized spacial score (nSPS) is 13.7. The third-order valence-electron chi connectivity index (χ3n) is 0.686. The second-order valence-electron chi connectivity index (χ2n) is 1.41. The molecule has 0 unspecified atom stereocenters. The molecule has 3 nitrogen and oxygen atoms in total. The fourth-order valence-electron chi connectivity index (χ4n) is 0.299. The molecule has 0 aliphatic rings. The van der Waals surface area contributed by atoms with Crippen molar-refractivity contribution >= 4 is 5.84 Å². The highest BCUT2D eigenvalue weighted by Crippen LogP contribution is 1.75. The van der Waals surface area contributed by atoms with Crippen LogP contribution in [0.4, 0.5) is 0 Å². The summed E-state index contributed by atoms with van der Waals surface area (Å²) in [6.45, 7) is 1.89. The minimum Gasteiger partial charge on any atom is -0.409 e. The number of amidine groups is 1. The van der Waals surface area contributed by atoms with Gasteiger partial charge in [0, 0.05) is 0 Å². The van der Waals surface area contributed by atoms with Crippen molar-refractivity contribution in [2.75, 3.05) is 0 Å². The molecule has 0 aromatic rings. The summed E-state index contributed by atoms with van der Waals surface area (Å²) in [6, 6.07) is 0. The molecule has 50 valence electrons. The minimum atomic E-state index is 0.105. The van der Waals surface area contributed by atoms with Gasteiger partial charge in [-0.3, -0.25) is 0 Å². The number of oxime groups is 1. The van der Waals surface area contributed by atoms with Crippen LogP contribution in [0.5, 0.6) is 0 Å². The summed E-state index contributed by atoms with van der Waals surface area (Å²) >= 11 is 0. The molecular weight excluding hydrogens is 116 g/mol. The smallest absolute Gasteiger partial charge is 0.162 e. The molecule has 9 heavy (non-hydrogen) atoms. The van der Waals surface area contributed by atoms with Crippen LogP contribution in [0.15, 0.2) is 29.5 Å². The van der Waals surface area contributed by atoms with Crippen LogP contribution in [-0.4, -0.2) is 11.0 Å². The van der Waals surface area contributed by atoms with E-state index < -0.39 is 0 Å². The maximum atomic E-state index is 8.02. The topological polar surface area (TPSA) is 58.6 Å². The van der Waals surface area contributed by atoms with Crippen LogP contribution in [0.1, 0.15) is 6.92 Å². The third-order valence-corrected chi connectivity index (χ3v) is 0.686. The predicted octanol–water partition coefficient (Wildman–Crippen LogP) is 0.865. The van der Waals surface area contributed by atoms with Gasteiger partial charge in [-0.15, -0.1) is 0 Å². The number of rotatable bonds is 2. The van der Waals surface area contributed by atoms with Crippen molar-refractivity contribution in [2.24, 2.45) is 10.9 Å². The van der Waals surface area contributed by atoms with E-state index >= 15 is 0 Å². The molecule has 0 amide bonds. The predicted molar refractivity (Wildman–Crippen MR) is 37.4 cm³/mol. The van der Waals surface area contributed by atoms with E-state index in [-0.39, 0.29) is 5.84 Å². The Hall–Kier alpha value is -1.25. The molecule has 0 atom stereocenters. The Morgan fingerprint density at radius 1 is 1.56 bits per heavy atom. The Kier molecular flexibility index (Phi) is 4.22. The van der Waals surface area contributed by atoms with E-state index in [9.17, 15) is 0 Å². The molecule has 0 saturated carbocycles. The van der Waals surface area contributed by atoms with E-state index in [1.54, 1.807) is 12.2 Å². The van der Waals surface area contributed by atoms with E-state index in [1.807, 2.05) is 13.0 Å². The summed E-state index contributed by atoms with van der Waals surface area (Å²) in [5.41, 5.74) is 5.09. The monoisotopic (exact) mass is 126 g/mol. The number of allylic oxidation sites excluding steroid dienone is 3. The van der Waals surface area contributed by atoms with Gasteiger partial charge >= 0.3 is 0 Å². The lowest BCUT2D eigenvalue weighted by Crippen LogP contribution is -2.06. The SMILES string of the molecule is CC=CC=CC(N)=NO. The molecule has 0 fully saturated rings. The zero-order valence-electron chi connectivity index (χ0n) is 5.28. The van der Waals surface area contributed by atoms with Crippen LogP contribution < -0.4 is 5.73 Å². The molecule has 0 rings (SSSR count). The average molecular weight is 126 g/mol. The molecule has 0 saturated heterocycles. The van der Waals surface area contributed by atoms with Crippen LogP contribution in [0.25, 0.3) is 0 Å². The first-order valence-corrected chi connectivity index (χ1v) is 2.58. The summed E-state index contributed by atoms with van der Waals surface area (Å²) < 4.78 is 0. The zero-order chi connectivity index (χ0) is 7.11. The largest absolute Gasteiger partial charge is 0.409 e. The maximum absolute atomic E-state index is 8.02. The van der Waals surface area contributed by atoms with Gasteiger partial charge in [0.2, 0.25) is 0 Å². The van der Waals surface area contributed by atoms with Crippen LogP contribution >= 0.6 is 0 Å². The average Bonchev–Trinajstić information content (AvgIpc) is 1.89. The van der Waals surface area contributed by atoms with Crippen LogP contribution in [0.3, 0.4) is 0 Å². The molecule has 0 radical (unpaired) electrons. The van der Waals surface area contributed by atoms with Gasteiger partial charge < -0.3 is 10.9 Å². The van der Waals surface area contributed by atoms with Gasteiger partial charge in [0.1, 0.15) is 0 Å². The standard InChI is InChI=1S/C6H10N2O/c1-2-3-4-5-6(7)8-9/h2-5,9H,1H3,(H2,7,8).